The maximum Gasteiger partial charge on any atom is 0.270 e. The zero-order valence-corrected chi connectivity index (χ0v) is 10.6. The predicted octanol–water partition coefficient (Wildman–Crippen LogP) is 2.11. The summed E-state index contributed by atoms with van der Waals surface area (Å²) >= 11 is 0. The fourth-order valence-corrected chi connectivity index (χ4v) is 1.73. The van der Waals surface area contributed by atoms with E-state index in [9.17, 15) is 14.9 Å². The molecule has 0 aliphatic carbocycles. The Kier molecular flexibility index (Phi) is 3.95. The molecule has 0 aromatic heterocycles. The van der Waals surface area contributed by atoms with E-state index in [4.69, 9.17) is 5.73 Å². The number of non-ortho nitro benzene ring substituents is 1. The number of nitrogens with two attached hydrogens (primary N) is 1. The average Bonchev–Trinajstić information content (AvgIpc) is 2.46. The first-order chi connectivity index (χ1) is 9.58. The van der Waals surface area contributed by atoms with Crippen LogP contribution in [0, 0.1) is 10.1 Å². The molecule has 0 saturated heterocycles. The minimum Gasteiger partial charge on any atom is -0.398 e. The van der Waals surface area contributed by atoms with Crippen molar-refractivity contribution in [1.82, 2.24) is 5.32 Å². The number of hydrogen-bond donors (Lipinski definition) is 2. The fourth-order valence-electron chi connectivity index (χ4n) is 1.73. The van der Waals surface area contributed by atoms with Gasteiger partial charge in [0.25, 0.3) is 11.6 Å². The van der Waals surface area contributed by atoms with Crippen LogP contribution in [0.1, 0.15) is 15.9 Å². The van der Waals surface area contributed by atoms with Gasteiger partial charge in [0.2, 0.25) is 0 Å². The van der Waals surface area contributed by atoms with Crippen molar-refractivity contribution in [3.05, 3.63) is 69.8 Å². The van der Waals surface area contributed by atoms with Gasteiger partial charge in [-0.2, -0.15) is 0 Å². The van der Waals surface area contributed by atoms with Crippen molar-refractivity contribution in [1.29, 1.82) is 0 Å². The predicted molar refractivity (Wildman–Crippen MR) is 75.1 cm³/mol. The molecule has 102 valence electrons. The van der Waals surface area contributed by atoms with Crippen LogP contribution < -0.4 is 11.1 Å². The van der Waals surface area contributed by atoms with Gasteiger partial charge in [-0.1, -0.05) is 30.3 Å². The summed E-state index contributed by atoms with van der Waals surface area (Å²) < 4.78 is 0. The van der Waals surface area contributed by atoms with Gasteiger partial charge in [0.05, 0.1) is 10.5 Å². The van der Waals surface area contributed by atoms with E-state index < -0.39 is 10.8 Å². The van der Waals surface area contributed by atoms with E-state index in [0.29, 0.717) is 6.54 Å². The second-order valence-corrected chi connectivity index (χ2v) is 4.20. The number of carbonyl (C=O) groups excluding carboxylic acids is 1. The molecule has 0 heterocycles. The number of benzene rings is 2. The number of nitrogens with zero attached hydrogens (tertiary/aromatic N) is 1. The highest BCUT2D eigenvalue weighted by atomic mass is 16.6. The lowest BCUT2D eigenvalue weighted by atomic mass is 10.1. The van der Waals surface area contributed by atoms with Crippen molar-refractivity contribution < 1.29 is 9.72 Å². The third kappa shape index (κ3) is 3.11. The Balaban J connectivity index is 2.13. The van der Waals surface area contributed by atoms with Gasteiger partial charge in [-0.3, -0.25) is 14.9 Å². The van der Waals surface area contributed by atoms with E-state index in [-0.39, 0.29) is 16.9 Å². The molecule has 6 heteroatoms. The third-order valence-electron chi connectivity index (χ3n) is 2.79. The number of anilines is 1. The summed E-state index contributed by atoms with van der Waals surface area (Å²) in [5.74, 6) is -0.435. The van der Waals surface area contributed by atoms with Crippen LogP contribution in [-0.2, 0) is 6.54 Å². The van der Waals surface area contributed by atoms with Gasteiger partial charge in [0, 0.05) is 24.4 Å². The Bertz CT molecular complexity index is 641. The van der Waals surface area contributed by atoms with E-state index in [2.05, 4.69) is 5.32 Å². The molecule has 20 heavy (non-hydrogen) atoms. The largest absolute Gasteiger partial charge is 0.398 e. The molecule has 3 N–H and O–H groups in total. The molecule has 0 unspecified atom stereocenters. The van der Waals surface area contributed by atoms with Crippen molar-refractivity contribution in [2.24, 2.45) is 0 Å². The zero-order valence-electron chi connectivity index (χ0n) is 10.6. The Hall–Kier alpha value is -2.89. The molecule has 2 aromatic carbocycles. The van der Waals surface area contributed by atoms with Crippen LogP contribution in [-0.4, -0.2) is 10.8 Å². The number of amides is 1. The minimum absolute atomic E-state index is 0.107. The van der Waals surface area contributed by atoms with Crippen LogP contribution in [0.3, 0.4) is 0 Å². The SMILES string of the molecule is Nc1ccc([N+](=O)[O-])cc1C(=O)NCc1ccccc1. The van der Waals surface area contributed by atoms with Gasteiger partial charge in [-0.05, 0) is 11.6 Å². The highest BCUT2D eigenvalue weighted by Crippen LogP contribution is 2.19. The van der Waals surface area contributed by atoms with Crippen molar-refractivity contribution >= 4 is 17.3 Å². The monoisotopic (exact) mass is 271 g/mol. The Morgan fingerprint density at radius 3 is 2.55 bits per heavy atom. The lowest BCUT2D eigenvalue weighted by Gasteiger charge is -2.07. The van der Waals surface area contributed by atoms with Gasteiger partial charge < -0.3 is 11.1 Å². The average molecular weight is 271 g/mol. The van der Waals surface area contributed by atoms with Crippen molar-refractivity contribution in [2.75, 3.05) is 5.73 Å². The van der Waals surface area contributed by atoms with Gasteiger partial charge >= 0.3 is 0 Å². The molecular formula is C14H13N3O3. The first-order valence-corrected chi connectivity index (χ1v) is 5.94. The molecule has 0 atom stereocenters. The van der Waals surface area contributed by atoms with E-state index >= 15 is 0 Å². The number of nitrogens with one attached hydrogen (secondary N) is 1. The lowest BCUT2D eigenvalue weighted by Crippen LogP contribution is -2.23. The van der Waals surface area contributed by atoms with Crippen LogP contribution >= 0.6 is 0 Å². The van der Waals surface area contributed by atoms with Crippen molar-refractivity contribution in [3.63, 3.8) is 0 Å². The highest BCUT2D eigenvalue weighted by Gasteiger charge is 2.14. The molecule has 0 saturated carbocycles. The van der Waals surface area contributed by atoms with E-state index in [1.807, 2.05) is 30.3 Å². The highest BCUT2D eigenvalue weighted by molar-refractivity contribution is 5.99. The third-order valence-corrected chi connectivity index (χ3v) is 2.79. The topological polar surface area (TPSA) is 98.3 Å². The summed E-state index contributed by atoms with van der Waals surface area (Å²) in [4.78, 5) is 22.1. The minimum atomic E-state index is -0.562. The smallest absolute Gasteiger partial charge is 0.270 e. The number of nitro benzene ring substituents is 1. The van der Waals surface area contributed by atoms with Gasteiger partial charge in [-0.25, -0.2) is 0 Å². The summed E-state index contributed by atoms with van der Waals surface area (Å²) in [6, 6.07) is 13.2. The fraction of sp³-hybridized carbons (Fsp3) is 0.0714. The maximum absolute atomic E-state index is 12.0. The Morgan fingerprint density at radius 1 is 1.20 bits per heavy atom. The summed E-state index contributed by atoms with van der Waals surface area (Å²) in [6.45, 7) is 0.335. The second kappa shape index (κ2) is 5.83. The van der Waals surface area contributed by atoms with Gasteiger partial charge in [0.1, 0.15) is 0 Å². The Morgan fingerprint density at radius 2 is 1.90 bits per heavy atom. The normalized spacial score (nSPS) is 10.0. The maximum atomic E-state index is 12.0. The number of nitrogen functional groups attached to an aromatic ring is 1. The Labute approximate surface area is 115 Å². The molecule has 0 fully saturated rings. The number of rotatable bonds is 4. The van der Waals surface area contributed by atoms with Gasteiger partial charge in [-0.15, -0.1) is 0 Å². The summed E-state index contributed by atoms with van der Waals surface area (Å²) in [5.41, 5.74) is 6.76. The van der Waals surface area contributed by atoms with Crippen LogP contribution in [0.4, 0.5) is 11.4 Å². The van der Waals surface area contributed by atoms with Gasteiger partial charge in [0.15, 0.2) is 0 Å². The quantitative estimate of drug-likeness (QED) is 0.505. The first kappa shape index (κ1) is 13.5. The molecular weight excluding hydrogens is 258 g/mol. The van der Waals surface area contributed by atoms with E-state index in [0.717, 1.165) is 5.56 Å². The van der Waals surface area contributed by atoms with Crippen LogP contribution in [0.15, 0.2) is 48.5 Å². The molecule has 2 rings (SSSR count). The number of carbonyl (C=O) groups is 1. The second-order valence-electron chi connectivity index (χ2n) is 4.20. The van der Waals surface area contributed by atoms with E-state index in [1.54, 1.807) is 0 Å². The summed E-state index contributed by atoms with van der Waals surface area (Å²) in [5, 5.41) is 13.4. The molecule has 1 amide bonds. The zero-order chi connectivity index (χ0) is 14.5. The lowest BCUT2D eigenvalue weighted by molar-refractivity contribution is -0.384. The molecule has 0 spiro atoms. The van der Waals surface area contributed by atoms with Crippen LogP contribution in [0.2, 0.25) is 0 Å². The summed E-state index contributed by atoms with van der Waals surface area (Å²) in [6.07, 6.45) is 0. The van der Waals surface area contributed by atoms with Crippen molar-refractivity contribution in [3.8, 4) is 0 Å². The van der Waals surface area contributed by atoms with Crippen LogP contribution in [0.5, 0.6) is 0 Å². The number of nitro groups is 1. The first-order valence-electron chi connectivity index (χ1n) is 5.94. The molecule has 0 radical (unpaired) electrons. The standard InChI is InChI=1S/C14H13N3O3/c15-13-7-6-11(17(19)20)8-12(13)14(18)16-9-10-4-2-1-3-5-10/h1-8H,9,15H2,(H,16,18). The summed E-state index contributed by atoms with van der Waals surface area (Å²) in [7, 11) is 0. The van der Waals surface area contributed by atoms with Crippen molar-refractivity contribution in [2.45, 2.75) is 6.54 Å². The molecule has 2 aromatic rings. The molecule has 6 nitrogen and oxygen atoms in total. The molecule has 0 bridgehead atoms. The van der Waals surface area contributed by atoms with Crippen LogP contribution in [0.25, 0.3) is 0 Å². The number of hydrogen-bond acceptors (Lipinski definition) is 4. The van der Waals surface area contributed by atoms with E-state index in [1.165, 1.54) is 18.2 Å². The molecule has 0 aliphatic heterocycles. The molecule has 0 aliphatic rings.